The fraction of sp³-hybridized carbons (Fsp3) is 0.143. The molecular formula is C7H7O2. The first-order valence-corrected chi connectivity index (χ1v) is 2.48. The molecule has 0 N–H and O–H groups in total. The molecule has 0 atom stereocenters. The number of hydrogen-bond acceptors (Lipinski definition) is 2. The predicted octanol–water partition coefficient (Wildman–Crippen LogP) is 0.797. The summed E-state index contributed by atoms with van der Waals surface area (Å²) in [6, 6.07) is 0. The first-order chi connectivity index (χ1) is 4.31. The normalized spacial score (nSPS) is 11.9. The lowest BCUT2D eigenvalue weighted by Gasteiger charge is -1.75. The molecule has 0 heterocycles. The number of allylic oxidation sites excluding steroid dienone is 4. The van der Waals surface area contributed by atoms with E-state index in [0.29, 0.717) is 11.9 Å². The quantitative estimate of drug-likeness (QED) is 0.316. The van der Waals surface area contributed by atoms with Crippen molar-refractivity contribution in [3.05, 3.63) is 23.8 Å². The molecule has 47 valence electrons. The minimum Gasteiger partial charge on any atom is -0.299 e. The van der Waals surface area contributed by atoms with E-state index in [4.69, 9.17) is 0 Å². The second kappa shape index (κ2) is 4.97. The van der Waals surface area contributed by atoms with Crippen molar-refractivity contribution >= 4 is 12.6 Å². The zero-order valence-corrected chi connectivity index (χ0v) is 5.13. The van der Waals surface area contributed by atoms with E-state index in [9.17, 15) is 9.59 Å². The second-order valence-electron chi connectivity index (χ2n) is 1.47. The number of rotatable bonds is 3. The van der Waals surface area contributed by atoms with Gasteiger partial charge in [-0.2, -0.15) is 0 Å². The van der Waals surface area contributed by atoms with Crippen molar-refractivity contribution in [1.29, 1.82) is 0 Å². The Hall–Kier alpha value is -1.18. The van der Waals surface area contributed by atoms with Gasteiger partial charge in [-0.15, -0.1) is 0 Å². The second-order valence-corrected chi connectivity index (χ2v) is 1.47. The average molecular weight is 123 g/mol. The first kappa shape index (κ1) is 7.82. The van der Waals surface area contributed by atoms with E-state index in [2.05, 4.69) is 0 Å². The van der Waals surface area contributed by atoms with Crippen LogP contribution in [0.3, 0.4) is 0 Å². The van der Waals surface area contributed by atoms with Crippen LogP contribution in [0.5, 0.6) is 0 Å². The fourth-order valence-electron chi connectivity index (χ4n) is 0.279. The van der Waals surface area contributed by atoms with Crippen molar-refractivity contribution in [1.82, 2.24) is 0 Å². The lowest BCUT2D eigenvalue weighted by atomic mass is 10.3. The van der Waals surface area contributed by atoms with Gasteiger partial charge in [-0.1, -0.05) is 12.2 Å². The van der Waals surface area contributed by atoms with E-state index in [1.807, 2.05) is 0 Å². The summed E-state index contributed by atoms with van der Waals surface area (Å²) in [5.74, 6) is 0. The Morgan fingerprint density at radius 3 is 2.56 bits per heavy atom. The first-order valence-electron chi connectivity index (χ1n) is 2.48. The van der Waals surface area contributed by atoms with E-state index in [1.165, 1.54) is 18.2 Å². The smallest absolute Gasteiger partial charge is 0.228 e. The van der Waals surface area contributed by atoms with Gasteiger partial charge in [-0.3, -0.25) is 9.59 Å². The molecular weight excluding hydrogens is 116 g/mol. The fourth-order valence-corrected chi connectivity index (χ4v) is 0.279. The van der Waals surface area contributed by atoms with Gasteiger partial charge in [0.15, 0.2) is 0 Å². The highest BCUT2D eigenvalue weighted by Crippen LogP contribution is 1.85. The minimum atomic E-state index is 0.480. The van der Waals surface area contributed by atoms with Crippen LogP contribution >= 0.6 is 0 Å². The molecule has 0 spiro atoms. The molecule has 0 saturated carbocycles. The molecule has 9 heavy (non-hydrogen) atoms. The van der Waals surface area contributed by atoms with E-state index >= 15 is 0 Å². The van der Waals surface area contributed by atoms with Crippen LogP contribution < -0.4 is 0 Å². The molecule has 0 aromatic rings. The Labute approximate surface area is 53.9 Å². The highest BCUT2D eigenvalue weighted by atomic mass is 16.1. The zero-order chi connectivity index (χ0) is 7.11. The van der Waals surface area contributed by atoms with Gasteiger partial charge in [0.05, 0.1) is 0 Å². The SMILES string of the molecule is C/C([C]=O)=C\C=C\C=O. The summed E-state index contributed by atoms with van der Waals surface area (Å²) >= 11 is 0. The van der Waals surface area contributed by atoms with Crippen molar-refractivity contribution < 1.29 is 9.59 Å². The van der Waals surface area contributed by atoms with Gasteiger partial charge >= 0.3 is 0 Å². The molecule has 2 heteroatoms. The monoisotopic (exact) mass is 123 g/mol. The van der Waals surface area contributed by atoms with E-state index < -0.39 is 0 Å². The van der Waals surface area contributed by atoms with Gasteiger partial charge in [0.1, 0.15) is 6.29 Å². The molecule has 0 bridgehead atoms. The van der Waals surface area contributed by atoms with Crippen LogP contribution in [0.2, 0.25) is 0 Å². The molecule has 0 aliphatic heterocycles. The van der Waals surface area contributed by atoms with Crippen molar-refractivity contribution in [2.24, 2.45) is 0 Å². The predicted molar refractivity (Wildman–Crippen MR) is 34.7 cm³/mol. The highest BCUT2D eigenvalue weighted by Gasteiger charge is 1.78. The summed E-state index contributed by atoms with van der Waals surface area (Å²) in [5, 5.41) is 0. The lowest BCUT2D eigenvalue weighted by molar-refractivity contribution is -0.104. The Bertz CT molecular complexity index is 154. The number of hydrogen-bond donors (Lipinski definition) is 0. The standard InChI is InChI=1S/C7H7O2/c1-7(6-9)4-2-3-5-8/h2-5H,1H3/b3-2+,7-4+. The Balaban J connectivity index is 3.81. The van der Waals surface area contributed by atoms with Gasteiger partial charge in [-0.05, 0) is 13.0 Å². The number of aldehydes is 1. The van der Waals surface area contributed by atoms with Crippen molar-refractivity contribution in [2.45, 2.75) is 6.92 Å². The molecule has 0 aliphatic rings. The van der Waals surface area contributed by atoms with Crippen molar-refractivity contribution in [3.63, 3.8) is 0 Å². The summed E-state index contributed by atoms with van der Waals surface area (Å²) in [6.07, 6.45) is 6.63. The minimum absolute atomic E-state index is 0.480. The third-order valence-electron chi connectivity index (χ3n) is 0.697. The summed E-state index contributed by atoms with van der Waals surface area (Å²) in [4.78, 5) is 19.4. The summed E-state index contributed by atoms with van der Waals surface area (Å²) in [7, 11) is 0. The van der Waals surface area contributed by atoms with Crippen LogP contribution in [-0.4, -0.2) is 12.6 Å². The molecule has 0 aromatic heterocycles. The summed E-state index contributed by atoms with van der Waals surface area (Å²) in [5.41, 5.74) is 0.480. The van der Waals surface area contributed by atoms with E-state index in [1.54, 1.807) is 13.2 Å². The molecule has 2 nitrogen and oxygen atoms in total. The third kappa shape index (κ3) is 4.68. The highest BCUT2D eigenvalue weighted by molar-refractivity contribution is 5.74. The Kier molecular flexibility index (Phi) is 4.32. The molecule has 0 amide bonds. The third-order valence-corrected chi connectivity index (χ3v) is 0.697. The van der Waals surface area contributed by atoms with Crippen LogP contribution in [0.25, 0.3) is 0 Å². The summed E-state index contributed by atoms with van der Waals surface area (Å²) in [6.45, 7) is 1.61. The number of carbonyl (C=O) groups excluding carboxylic acids is 2. The largest absolute Gasteiger partial charge is 0.299 e. The van der Waals surface area contributed by atoms with Gasteiger partial charge in [0.2, 0.25) is 6.29 Å². The zero-order valence-electron chi connectivity index (χ0n) is 5.13. The molecule has 0 rings (SSSR count). The van der Waals surface area contributed by atoms with E-state index in [-0.39, 0.29) is 0 Å². The molecule has 0 unspecified atom stereocenters. The maximum Gasteiger partial charge on any atom is 0.228 e. The van der Waals surface area contributed by atoms with Crippen LogP contribution in [0, 0.1) is 0 Å². The van der Waals surface area contributed by atoms with Crippen LogP contribution in [0.4, 0.5) is 0 Å². The maximum absolute atomic E-state index is 9.78. The Morgan fingerprint density at radius 2 is 2.11 bits per heavy atom. The number of carbonyl (C=O) groups is 1. The molecule has 0 aliphatic carbocycles. The van der Waals surface area contributed by atoms with Crippen molar-refractivity contribution in [3.8, 4) is 0 Å². The van der Waals surface area contributed by atoms with E-state index in [0.717, 1.165) is 0 Å². The van der Waals surface area contributed by atoms with Gasteiger partial charge in [0.25, 0.3) is 0 Å². The van der Waals surface area contributed by atoms with Crippen molar-refractivity contribution in [2.75, 3.05) is 0 Å². The molecule has 0 aromatic carbocycles. The molecule has 0 fully saturated rings. The lowest BCUT2D eigenvalue weighted by Crippen LogP contribution is -1.71. The van der Waals surface area contributed by atoms with Gasteiger partial charge in [-0.25, -0.2) is 0 Å². The van der Waals surface area contributed by atoms with Gasteiger partial charge in [0, 0.05) is 5.57 Å². The Morgan fingerprint density at radius 1 is 1.44 bits per heavy atom. The molecule has 1 radical (unpaired) electrons. The van der Waals surface area contributed by atoms with Gasteiger partial charge < -0.3 is 0 Å². The topological polar surface area (TPSA) is 34.1 Å². The maximum atomic E-state index is 9.78. The summed E-state index contributed by atoms with van der Waals surface area (Å²) < 4.78 is 0. The molecule has 0 saturated heterocycles. The van der Waals surface area contributed by atoms with Crippen LogP contribution in [0.15, 0.2) is 23.8 Å². The average Bonchev–Trinajstić information content (AvgIpc) is 1.89. The van der Waals surface area contributed by atoms with Crippen LogP contribution in [0.1, 0.15) is 6.92 Å². The van der Waals surface area contributed by atoms with Crippen LogP contribution in [-0.2, 0) is 9.59 Å².